The third kappa shape index (κ3) is 3.49. The van der Waals surface area contributed by atoms with E-state index in [2.05, 4.69) is 0 Å². The number of nitrogens with zero attached hydrogens (tertiary/aromatic N) is 1. The highest BCUT2D eigenvalue weighted by Crippen LogP contribution is 2.38. The Morgan fingerprint density at radius 2 is 1.85 bits per heavy atom. The molecule has 5 heteroatoms. The summed E-state index contributed by atoms with van der Waals surface area (Å²) in [6.45, 7) is 7.80. The molecule has 136 valence electrons. The Morgan fingerprint density at radius 3 is 2.54 bits per heavy atom. The van der Waals surface area contributed by atoms with Crippen molar-refractivity contribution in [2.24, 2.45) is 0 Å². The van der Waals surface area contributed by atoms with Crippen LogP contribution >= 0.6 is 11.8 Å². The lowest BCUT2D eigenvalue weighted by Gasteiger charge is -2.19. The van der Waals surface area contributed by atoms with Gasteiger partial charge in [0.25, 0.3) is 11.1 Å². The highest BCUT2D eigenvalue weighted by atomic mass is 32.2. The van der Waals surface area contributed by atoms with Gasteiger partial charge in [-0.15, -0.1) is 0 Å². The molecule has 1 fully saturated rings. The summed E-state index contributed by atoms with van der Waals surface area (Å²) in [5.74, 6) is 0.492. The van der Waals surface area contributed by atoms with Gasteiger partial charge in [-0.3, -0.25) is 14.5 Å². The van der Waals surface area contributed by atoms with Gasteiger partial charge in [0.05, 0.1) is 11.0 Å². The second-order valence-corrected chi connectivity index (χ2v) is 7.67. The van der Waals surface area contributed by atoms with Gasteiger partial charge in [0, 0.05) is 11.6 Å². The van der Waals surface area contributed by atoms with Crippen LogP contribution in [0.25, 0.3) is 16.8 Å². The van der Waals surface area contributed by atoms with Crippen molar-refractivity contribution in [2.75, 3.05) is 0 Å². The SMILES string of the molecule is CC[C@H](C)N1C(=O)S/C(=C/c2c(OC(C)C)ccc3ccccc23)C1=O. The molecule has 0 spiro atoms. The van der Waals surface area contributed by atoms with Crippen molar-refractivity contribution in [3.05, 3.63) is 46.9 Å². The Morgan fingerprint density at radius 1 is 1.12 bits per heavy atom. The maximum atomic E-state index is 12.8. The van der Waals surface area contributed by atoms with E-state index in [-0.39, 0.29) is 23.3 Å². The van der Waals surface area contributed by atoms with Crippen LogP contribution in [0.15, 0.2) is 41.3 Å². The number of fused-ring (bicyclic) bond motifs is 1. The number of thioether (sulfide) groups is 1. The van der Waals surface area contributed by atoms with Crippen LogP contribution in [0.4, 0.5) is 4.79 Å². The number of benzene rings is 2. The minimum atomic E-state index is -0.224. The van der Waals surface area contributed by atoms with Crippen LogP contribution in [0.5, 0.6) is 5.75 Å². The quantitative estimate of drug-likeness (QED) is 0.656. The minimum Gasteiger partial charge on any atom is -0.490 e. The lowest BCUT2D eigenvalue weighted by molar-refractivity contribution is -0.124. The zero-order valence-electron chi connectivity index (χ0n) is 15.5. The molecular formula is C21H23NO3S. The smallest absolute Gasteiger partial charge is 0.293 e. The Kier molecular flexibility index (Phi) is 5.37. The normalized spacial score (nSPS) is 17.6. The average molecular weight is 369 g/mol. The molecule has 0 unspecified atom stereocenters. The van der Waals surface area contributed by atoms with E-state index >= 15 is 0 Å². The molecule has 1 aliphatic heterocycles. The first-order valence-corrected chi connectivity index (χ1v) is 9.69. The van der Waals surface area contributed by atoms with E-state index in [4.69, 9.17) is 4.74 Å². The van der Waals surface area contributed by atoms with Crippen molar-refractivity contribution in [3.63, 3.8) is 0 Å². The highest BCUT2D eigenvalue weighted by Gasteiger charge is 2.37. The van der Waals surface area contributed by atoms with Crippen molar-refractivity contribution in [3.8, 4) is 5.75 Å². The Hall–Kier alpha value is -2.27. The Balaban J connectivity index is 2.11. The van der Waals surface area contributed by atoms with Crippen molar-refractivity contribution >= 4 is 39.8 Å². The zero-order chi connectivity index (χ0) is 18.8. The lowest BCUT2D eigenvalue weighted by Crippen LogP contribution is -2.36. The van der Waals surface area contributed by atoms with Crippen LogP contribution in [-0.4, -0.2) is 28.2 Å². The topological polar surface area (TPSA) is 46.6 Å². The van der Waals surface area contributed by atoms with Crippen LogP contribution in [0, 0.1) is 0 Å². The number of ether oxygens (including phenoxy) is 1. The summed E-state index contributed by atoms with van der Waals surface area (Å²) in [6.07, 6.45) is 2.55. The zero-order valence-corrected chi connectivity index (χ0v) is 16.3. The van der Waals surface area contributed by atoms with E-state index in [0.717, 1.165) is 34.5 Å². The van der Waals surface area contributed by atoms with Gasteiger partial charge in [0.15, 0.2) is 0 Å². The molecule has 0 bridgehead atoms. The summed E-state index contributed by atoms with van der Waals surface area (Å²) in [6, 6.07) is 11.8. The van der Waals surface area contributed by atoms with E-state index in [9.17, 15) is 9.59 Å². The van der Waals surface area contributed by atoms with Gasteiger partial charge >= 0.3 is 0 Å². The molecule has 1 aliphatic rings. The standard InChI is InChI=1S/C21H23NO3S/c1-5-14(4)22-20(23)19(26-21(22)24)12-17-16-9-7-6-8-15(16)10-11-18(17)25-13(2)3/h6-14H,5H2,1-4H3/b19-12+/t14-/m0/s1. The van der Waals surface area contributed by atoms with Gasteiger partial charge < -0.3 is 4.74 Å². The fraction of sp³-hybridized carbons (Fsp3) is 0.333. The fourth-order valence-corrected chi connectivity index (χ4v) is 3.87. The van der Waals surface area contributed by atoms with Crippen LogP contribution in [-0.2, 0) is 4.79 Å². The summed E-state index contributed by atoms with van der Waals surface area (Å²) in [5, 5.41) is 1.86. The Bertz CT molecular complexity index is 888. The third-order valence-electron chi connectivity index (χ3n) is 4.42. The van der Waals surface area contributed by atoms with E-state index in [1.54, 1.807) is 6.08 Å². The fourth-order valence-electron chi connectivity index (χ4n) is 2.95. The van der Waals surface area contributed by atoms with Crippen molar-refractivity contribution in [1.82, 2.24) is 4.90 Å². The van der Waals surface area contributed by atoms with E-state index in [1.165, 1.54) is 4.90 Å². The summed E-state index contributed by atoms with van der Waals surface area (Å²) in [7, 11) is 0. The van der Waals surface area contributed by atoms with Gasteiger partial charge in [-0.25, -0.2) is 0 Å². The molecule has 0 radical (unpaired) electrons. The monoisotopic (exact) mass is 369 g/mol. The molecule has 0 aromatic heterocycles. The number of carbonyl (C=O) groups is 2. The minimum absolute atomic E-state index is 0.0125. The van der Waals surface area contributed by atoms with Crippen molar-refractivity contribution in [2.45, 2.75) is 46.3 Å². The summed E-state index contributed by atoms with van der Waals surface area (Å²) in [4.78, 5) is 26.9. The first kappa shape index (κ1) is 18.5. The van der Waals surface area contributed by atoms with Gasteiger partial charge in [-0.1, -0.05) is 37.3 Å². The summed E-state index contributed by atoms with van der Waals surface area (Å²) < 4.78 is 5.96. The number of hydrogen-bond acceptors (Lipinski definition) is 4. The number of rotatable bonds is 5. The average Bonchev–Trinajstić information content (AvgIpc) is 2.89. The Labute approximate surface area is 158 Å². The highest BCUT2D eigenvalue weighted by molar-refractivity contribution is 8.18. The molecule has 1 atom stereocenters. The molecule has 2 aromatic rings. The molecule has 2 amide bonds. The molecule has 0 N–H and O–H groups in total. The van der Waals surface area contributed by atoms with E-state index in [1.807, 2.05) is 64.1 Å². The van der Waals surface area contributed by atoms with E-state index in [0.29, 0.717) is 10.7 Å². The van der Waals surface area contributed by atoms with Crippen LogP contribution in [0.3, 0.4) is 0 Å². The van der Waals surface area contributed by atoms with Gasteiger partial charge in [-0.2, -0.15) is 0 Å². The van der Waals surface area contributed by atoms with Crippen LogP contribution in [0.2, 0.25) is 0 Å². The number of amides is 2. The molecule has 1 heterocycles. The van der Waals surface area contributed by atoms with Crippen molar-refractivity contribution in [1.29, 1.82) is 0 Å². The molecule has 26 heavy (non-hydrogen) atoms. The van der Waals surface area contributed by atoms with E-state index < -0.39 is 0 Å². The third-order valence-corrected chi connectivity index (χ3v) is 5.31. The first-order valence-electron chi connectivity index (χ1n) is 8.87. The predicted molar refractivity (Wildman–Crippen MR) is 107 cm³/mol. The second kappa shape index (κ2) is 7.54. The number of hydrogen-bond donors (Lipinski definition) is 0. The molecule has 0 aliphatic carbocycles. The van der Waals surface area contributed by atoms with Crippen LogP contribution in [0.1, 0.15) is 39.7 Å². The summed E-state index contributed by atoms with van der Waals surface area (Å²) >= 11 is 0.999. The predicted octanol–water partition coefficient (Wildman–Crippen LogP) is 5.46. The summed E-state index contributed by atoms with van der Waals surface area (Å²) in [5.41, 5.74) is 0.839. The number of carbonyl (C=O) groups excluding carboxylic acids is 2. The van der Waals surface area contributed by atoms with Gasteiger partial charge in [0.1, 0.15) is 5.75 Å². The molecule has 4 nitrogen and oxygen atoms in total. The number of imide groups is 1. The largest absolute Gasteiger partial charge is 0.490 e. The second-order valence-electron chi connectivity index (χ2n) is 6.67. The molecule has 0 saturated carbocycles. The van der Waals surface area contributed by atoms with Gasteiger partial charge in [0.2, 0.25) is 0 Å². The molecule has 1 saturated heterocycles. The van der Waals surface area contributed by atoms with Gasteiger partial charge in [-0.05, 0) is 61.9 Å². The van der Waals surface area contributed by atoms with Crippen molar-refractivity contribution < 1.29 is 14.3 Å². The molecular weight excluding hydrogens is 346 g/mol. The molecule has 3 rings (SSSR count). The maximum absolute atomic E-state index is 12.8. The lowest BCUT2D eigenvalue weighted by atomic mass is 10.0. The maximum Gasteiger partial charge on any atom is 0.293 e. The van der Waals surface area contributed by atoms with Crippen LogP contribution < -0.4 is 4.74 Å². The first-order chi connectivity index (χ1) is 12.4. The molecule has 2 aromatic carbocycles.